The van der Waals surface area contributed by atoms with E-state index in [-0.39, 0.29) is 0 Å². The quantitative estimate of drug-likeness (QED) is 0.654. The van der Waals surface area contributed by atoms with E-state index in [9.17, 15) is 0 Å². The van der Waals surface area contributed by atoms with E-state index in [0.29, 0.717) is 5.92 Å². The summed E-state index contributed by atoms with van der Waals surface area (Å²) in [5.41, 5.74) is 3.85. The van der Waals surface area contributed by atoms with E-state index in [1.807, 2.05) is 30.1 Å². The van der Waals surface area contributed by atoms with Gasteiger partial charge in [0.1, 0.15) is 0 Å². The second-order valence-electron chi connectivity index (χ2n) is 5.50. The Morgan fingerprint density at radius 2 is 1.77 bits per heavy atom. The molecule has 2 aromatic carbocycles. The Morgan fingerprint density at radius 1 is 1.05 bits per heavy atom. The van der Waals surface area contributed by atoms with Gasteiger partial charge in [-0.3, -0.25) is 4.99 Å². The van der Waals surface area contributed by atoms with E-state index < -0.39 is 0 Å². The van der Waals surface area contributed by atoms with E-state index in [1.54, 1.807) is 0 Å². The predicted octanol–water partition coefficient (Wildman–Crippen LogP) is 5.57. The van der Waals surface area contributed by atoms with Gasteiger partial charge in [-0.1, -0.05) is 47.5 Å². The lowest BCUT2D eigenvalue weighted by Gasteiger charge is -2.12. The van der Waals surface area contributed by atoms with Gasteiger partial charge in [0.2, 0.25) is 0 Å². The zero-order valence-electron chi connectivity index (χ0n) is 12.5. The Kier molecular flexibility index (Phi) is 5.01. The number of nitrogens with zero attached hydrogens (tertiary/aromatic N) is 1. The van der Waals surface area contributed by atoms with Crippen LogP contribution in [0.2, 0.25) is 5.02 Å². The molecule has 1 heterocycles. The first-order valence-electron chi connectivity index (χ1n) is 7.38. The molecule has 22 heavy (non-hydrogen) atoms. The van der Waals surface area contributed by atoms with E-state index in [2.05, 4.69) is 54.4 Å². The molecule has 0 bridgehead atoms. The molecule has 0 fully saturated rings. The summed E-state index contributed by atoms with van der Waals surface area (Å²) in [7, 11) is 0. The van der Waals surface area contributed by atoms with Crippen molar-refractivity contribution in [2.24, 2.45) is 10.9 Å². The minimum absolute atomic E-state index is 0.402. The van der Waals surface area contributed by atoms with Crippen LogP contribution in [0.15, 0.2) is 70.7 Å². The molecule has 112 valence electrons. The van der Waals surface area contributed by atoms with Crippen LogP contribution in [0.4, 0.5) is 0 Å². The van der Waals surface area contributed by atoms with E-state index in [1.165, 1.54) is 21.7 Å². The summed E-state index contributed by atoms with van der Waals surface area (Å²) in [6.07, 6.45) is 5.12. The molecule has 1 atom stereocenters. The van der Waals surface area contributed by atoms with Crippen LogP contribution in [0.1, 0.15) is 11.1 Å². The molecule has 0 radical (unpaired) electrons. The zero-order chi connectivity index (χ0) is 15.4. The summed E-state index contributed by atoms with van der Waals surface area (Å²) in [6.45, 7) is 2.11. The number of thioether (sulfide) groups is 1. The van der Waals surface area contributed by atoms with Crippen LogP contribution in [-0.2, 0) is 6.42 Å². The van der Waals surface area contributed by atoms with Gasteiger partial charge < -0.3 is 0 Å². The average molecular weight is 328 g/mol. The van der Waals surface area contributed by atoms with E-state index in [4.69, 9.17) is 11.6 Å². The van der Waals surface area contributed by atoms with Crippen LogP contribution < -0.4 is 0 Å². The third-order valence-electron chi connectivity index (χ3n) is 3.76. The molecule has 0 saturated heterocycles. The van der Waals surface area contributed by atoms with Gasteiger partial charge in [0, 0.05) is 33.5 Å². The van der Waals surface area contributed by atoms with Gasteiger partial charge in [-0.2, -0.15) is 0 Å². The van der Waals surface area contributed by atoms with Crippen LogP contribution in [0.5, 0.6) is 0 Å². The maximum Gasteiger partial charge on any atom is 0.0406 e. The Bertz CT molecular complexity index is 686. The van der Waals surface area contributed by atoms with Crippen LogP contribution in [0.25, 0.3) is 0 Å². The molecule has 1 nitrogen and oxygen atoms in total. The van der Waals surface area contributed by atoms with Crippen LogP contribution in [0.3, 0.4) is 0 Å². The minimum atomic E-state index is 0.402. The summed E-state index contributed by atoms with van der Waals surface area (Å²) in [5.74, 6) is 1.34. The second kappa shape index (κ2) is 7.17. The van der Waals surface area contributed by atoms with Crippen molar-refractivity contribution in [3.05, 3.63) is 77.0 Å². The molecule has 0 amide bonds. The van der Waals surface area contributed by atoms with Crippen molar-refractivity contribution < 1.29 is 0 Å². The van der Waals surface area contributed by atoms with Crippen molar-refractivity contribution in [3.63, 3.8) is 0 Å². The predicted molar refractivity (Wildman–Crippen MR) is 97.1 cm³/mol. The second-order valence-corrected chi connectivity index (χ2v) is 6.99. The number of allylic oxidation sites excluding steroid dienone is 1. The first kappa shape index (κ1) is 15.4. The van der Waals surface area contributed by atoms with Gasteiger partial charge in [0.25, 0.3) is 0 Å². The Morgan fingerprint density at radius 3 is 2.50 bits per heavy atom. The van der Waals surface area contributed by atoms with E-state index in [0.717, 1.165) is 17.2 Å². The molecule has 0 N–H and O–H groups in total. The lowest BCUT2D eigenvalue weighted by molar-refractivity contribution is 0.860. The topological polar surface area (TPSA) is 12.4 Å². The normalized spacial score (nSPS) is 16.8. The Balaban J connectivity index is 1.59. The molecule has 2 aromatic rings. The number of aliphatic imine (C=N–C) groups is 1. The Hall–Kier alpha value is -1.51. The van der Waals surface area contributed by atoms with Crippen LogP contribution in [0, 0.1) is 12.8 Å². The van der Waals surface area contributed by atoms with Crippen molar-refractivity contribution in [2.45, 2.75) is 18.2 Å². The number of halogens is 1. The SMILES string of the molecule is Cc1ccc(SCC2=NC=CC2Cc2ccc(Cl)cc2)cc1. The number of aryl methyl sites for hydroxylation is 1. The summed E-state index contributed by atoms with van der Waals surface area (Å²) >= 11 is 7.80. The standard InChI is InChI=1S/C19H18ClNS/c1-14-2-8-18(9-3-14)22-13-19-16(10-11-21-19)12-15-4-6-17(20)7-5-15/h2-11,16H,12-13H2,1H3. The van der Waals surface area contributed by atoms with Gasteiger partial charge in [0.15, 0.2) is 0 Å². The zero-order valence-corrected chi connectivity index (χ0v) is 14.1. The van der Waals surface area contributed by atoms with Gasteiger partial charge in [-0.15, -0.1) is 11.8 Å². The van der Waals surface area contributed by atoms with Crippen molar-refractivity contribution in [1.82, 2.24) is 0 Å². The Labute approximate surface area is 141 Å². The molecule has 0 spiro atoms. The third-order valence-corrected chi connectivity index (χ3v) is 5.06. The summed E-state index contributed by atoms with van der Waals surface area (Å²) in [6, 6.07) is 16.8. The molecule has 1 aliphatic heterocycles. The fourth-order valence-corrected chi connectivity index (χ4v) is 3.50. The lowest BCUT2D eigenvalue weighted by Crippen LogP contribution is -2.14. The molecular formula is C19H18ClNS. The maximum atomic E-state index is 5.94. The highest BCUT2D eigenvalue weighted by Gasteiger charge is 2.17. The molecule has 3 rings (SSSR count). The third kappa shape index (κ3) is 4.02. The summed E-state index contributed by atoms with van der Waals surface area (Å²) < 4.78 is 0. The largest absolute Gasteiger partial charge is 0.264 e. The molecule has 1 unspecified atom stereocenters. The van der Waals surface area contributed by atoms with Crippen molar-refractivity contribution in [2.75, 3.05) is 5.75 Å². The van der Waals surface area contributed by atoms with Crippen molar-refractivity contribution in [3.8, 4) is 0 Å². The maximum absolute atomic E-state index is 5.94. The molecule has 0 aliphatic carbocycles. The monoisotopic (exact) mass is 327 g/mol. The molecule has 0 aromatic heterocycles. The fourth-order valence-electron chi connectivity index (χ4n) is 2.45. The highest BCUT2D eigenvalue weighted by molar-refractivity contribution is 8.00. The average Bonchev–Trinajstić information content (AvgIpc) is 2.96. The molecule has 0 saturated carbocycles. The van der Waals surface area contributed by atoms with Crippen molar-refractivity contribution in [1.29, 1.82) is 0 Å². The number of hydrogen-bond donors (Lipinski definition) is 0. The fraction of sp³-hybridized carbons (Fsp3) is 0.211. The number of hydrogen-bond acceptors (Lipinski definition) is 2. The first-order valence-corrected chi connectivity index (χ1v) is 8.74. The van der Waals surface area contributed by atoms with Gasteiger partial charge >= 0.3 is 0 Å². The summed E-state index contributed by atoms with van der Waals surface area (Å²) in [4.78, 5) is 5.85. The highest BCUT2D eigenvalue weighted by Crippen LogP contribution is 2.24. The van der Waals surface area contributed by atoms with Crippen LogP contribution >= 0.6 is 23.4 Å². The number of benzene rings is 2. The van der Waals surface area contributed by atoms with Gasteiger partial charge in [-0.05, 0) is 43.2 Å². The summed E-state index contributed by atoms with van der Waals surface area (Å²) in [5, 5.41) is 0.787. The van der Waals surface area contributed by atoms with Gasteiger partial charge in [-0.25, -0.2) is 0 Å². The van der Waals surface area contributed by atoms with E-state index >= 15 is 0 Å². The molecule has 3 heteroatoms. The van der Waals surface area contributed by atoms with Crippen molar-refractivity contribution >= 4 is 29.1 Å². The highest BCUT2D eigenvalue weighted by atomic mass is 35.5. The molecule has 1 aliphatic rings. The molecular weight excluding hydrogens is 310 g/mol. The number of rotatable bonds is 5. The van der Waals surface area contributed by atoms with Gasteiger partial charge in [0.05, 0.1) is 0 Å². The lowest BCUT2D eigenvalue weighted by atomic mass is 9.96. The van der Waals surface area contributed by atoms with Crippen LogP contribution in [-0.4, -0.2) is 11.5 Å². The smallest absolute Gasteiger partial charge is 0.0406 e. The minimum Gasteiger partial charge on any atom is -0.264 e. The first-order chi connectivity index (χ1) is 10.7.